The van der Waals surface area contributed by atoms with Gasteiger partial charge in [-0.2, -0.15) is 11.8 Å². The van der Waals surface area contributed by atoms with Crippen LogP contribution in [0.5, 0.6) is 0 Å². The molecule has 2 aliphatic heterocycles. The summed E-state index contributed by atoms with van der Waals surface area (Å²) in [6.45, 7) is 2.64. The maximum atomic E-state index is 10.9. The molecule has 2 saturated heterocycles. The van der Waals surface area contributed by atoms with Gasteiger partial charge in [0.2, 0.25) is 5.91 Å². The fourth-order valence-corrected chi connectivity index (χ4v) is 4.74. The molecule has 23 heavy (non-hydrogen) atoms. The number of aromatic nitrogens is 1. The van der Waals surface area contributed by atoms with E-state index in [2.05, 4.69) is 27.7 Å². The van der Waals surface area contributed by atoms with Gasteiger partial charge in [0.05, 0.1) is 6.61 Å². The van der Waals surface area contributed by atoms with Crippen molar-refractivity contribution in [1.82, 2.24) is 9.88 Å². The average Bonchev–Trinajstić information content (AvgIpc) is 3.00. The predicted molar refractivity (Wildman–Crippen MR) is 92.4 cm³/mol. The number of primary amides is 1. The van der Waals surface area contributed by atoms with E-state index in [-0.39, 0.29) is 6.61 Å². The first kappa shape index (κ1) is 16.7. The van der Waals surface area contributed by atoms with Crippen molar-refractivity contribution in [1.29, 1.82) is 0 Å². The van der Waals surface area contributed by atoms with E-state index >= 15 is 0 Å². The number of rotatable bonds is 6. The Morgan fingerprint density at radius 3 is 2.87 bits per heavy atom. The van der Waals surface area contributed by atoms with Crippen molar-refractivity contribution in [2.24, 2.45) is 11.7 Å². The molecule has 2 atom stereocenters. The van der Waals surface area contributed by atoms with Crippen molar-refractivity contribution in [3.05, 3.63) is 30.1 Å². The Hall–Kier alpha value is -1.11. The third kappa shape index (κ3) is 4.46. The minimum atomic E-state index is -0.404. The molecule has 0 bridgehead atoms. The quantitative estimate of drug-likeness (QED) is 0.853. The monoisotopic (exact) mass is 335 g/mol. The summed E-state index contributed by atoms with van der Waals surface area (Å²) in [7, 11) is 0. The van der Waals surface area contributed by atoms with E-state index in [0.717, 1.165) is 18.8 Å². The highest BCUT2D eigenvalue weighted by Gasteiger charge is 2.38. The Morgan fingerprint density at radius 2 is 2.17 bits per heavy atom. The summed E-state index contributed by atoms with van der Waals surface area (Å²) in [6.07, 6.45) is 4.40. The van der Waals surface area contributed by atoms with Crippen LogP contribution in [0, 0.1) is 5.92 Å². The van der Waals surface area contributed by atoms with Crippen LogP contribution in [0.3, 0.4) is 0 Å². The zero-order valence-electron chi connectivity index (χ0n) is 13.4. The number of hydrogen-bond donors (Lipinski definition) is 1. The number of carbonyl (C=O) groups excluding carboxylic acids is 1. The van der Waals surface area contributed by atoms with Crippen LogP contribution in [-0.4, -0.2) is 59.6 Å². The van der Waals surface area contributed by atoms with Crippen molar-refractivity contribution in [3.8, 4) is 0 Å². The Kier molecular flexibility index (Phi) is 5.91. The normalized spacial score (nSPS) is 26.4. The number of likely N-dealkylation sites (tertiary alicyclic amines) is 1. The second-order valence-corrected chi connectivity index (χ2v) is 7.62. The summed E-state index contributed by atoms with van der Waals surface area (Å²) < 4.78 is 5.53. The van der Waals surface area contributed by atoms with E-state index in [9.17, 15) is 4.79 Å². The van der Waals surface area contributed by atoms with Gasteiger partial charge in [-0.25, -0.2) is 0 Å². The van der Waals surface area contributed by atoms with Crippen LogP contribution < -0.4 is 5.73 Å². The fraction of sp³-hybridized carbons (Fsp3) is 0.647. The van der Waals surface area contributed by atoms with Gasteiger partial charge in [0.1, 0.15) is 6.61 Å². The number of amides is 1. The summed E-state index contributed by atoms with van der Waals surface area (Å²) in [6, 6.07) is 6.78. The molecule has 0 unspecified atom stereocenters. The highest BCUT2D eigenvalue weighted by molar-refractivity contribution is 7.99. The van der Waals surface area contributed by atoms with E-state index in [1.807, 2.05) is 18.3 Å². The molecule has 2 N–H and O–H groups in total. The molecule has 2 fully saturated rings. The van der Waals surface area contributed by atoms with Gasteiger partial charge in [-0.1, -0.05) is 6.07 Å². The standard InChI is InChI=1S/C17H25N3O2S/c18-17(21)12-22-11-13-9-20(14-4-7-23-8-5-14)10-15(13)16-3-1-2-6-19-16/h1-3,6,13-15H,4-5,7-12H2,(H2,18,21)/t13-,15+/m0/s1. The van der Waals surface area contributed by atoms with Crippen molar-refractivity contribution < 1.29 is 9.53 Å². The van der Waals surface area contributed by atoms with Gasteiger partial charge in [-0.15, -0.1) is 0 Å². The van der Waals surface area contributed by atoms with Gasteiger partial charge >= 0.3 is 0 Å². The molecule has 126 valence electrons. The largest absolute Gasteiger partial charge is 0.371 e. The lowest BCUT2D eigenvalue weighted by Crippen LogP contribution is -2.36. The first-order valence-electron chi connectivity index (χ1n) is 8.33. The summed E-state index contributed by atoms with van der Waals surface area (Å²) in [5.41, 5.74) is 6.31. The fourth-order valence-electron chi connectivity index (χ4n) is 3.66. The molecule has 0 radical (unpaired) electrons. The molecule has 0 spiro atoms. The van der Waals surface area contributed by atoms with E-state index in [0.29, 0.717) is 24.5 Å². The SMILES string of the molecule is NC(=O)COC[C@@H]1CN(C2CCSCC2)C[C@H]1c1ccccn1. The Morgan fingerprint density at radius 1 is 1.35 bits per heavy atom. The zero-order chi connectivity index (χ0) is 16.1. The van der Waals surface area contributed by atoms with Crippen molar-refractivity contribution in [2.45, 2.75) is 24.8 Å². The smallest absolute Gasteiger partial charge is 0.243 e. The zero-order valence-corrected chi connectivity index (χ0v) is 14.2. The molecule has 0 aromatic carbocycles. The molecule has 3 rings (SSSR count). The van der Waals surface area contributed by atoms with Gasteiger partial charge < -0.3 is 10.5 Å². The molecular formula is C17H25N3O2S. The van der Waals surface area contributed by atoms with Gasteiger partial charge in [0.15, 0.2) is 0 Å². The van der Waals surface area contributed by atoms with Gasteiger partial charge in [0.25, 0.3) is 0 Å². The second kappa shape index (κ2) is 8.13. The van der Waals surface area contributed by atoms with Crippen molar-refractivity contribution in [2.75, 3.05) is 37.8 Å². The molecule has 2 aliphatic rings. The van der Waals surface area contributed by atoms with Crippen LogP contribution in [-0.2, 0) is 9.53 Å². The minimum Gasteiger partial charge on any atom is -0.371 e. The molecule has 1 aromatic rings. The third-order valence-electron chi connectivity index (χ3n) is 4.82. The average molecular weight is 335 g/mol. The summed E-state index contributed by atoms with van der Waals surface area (Å²) in [5.74, 6) is 2.87. The molecular weight excluding hydrogens is 310 g/mol. The molecule has 0 aliphatic carbocycles. The summed E-state index contributed by atoms with van der Waals surface area (Å²) in [5, 5.41) is 0. The minimum absolute atomic E-state index is 0.00546. The molecule has 1 aromatic heterocycles. The molecule has 0 saturated carbocycles. The number of carbonyl (C=O) groups is 1. The van der Waals surface area contributed by atoms with E-state index in [1.165, 1.54) is 24.3 Å². The number of nitrogens with zero attached hydrogens (tertiary/aromatic N) is 2. The van der Waals surface area contributed by atoms with Crippen molar-refractivity contribution in [3.63, 3.8) is 0 Å². The Bertz CT molecular complexity index is 508. The number of nitrogens with two attached hydrogens (primary N) is 1. The van der Waals surface area contributed by atoms with E-state index in [4.69, 9.17) is 10.5 Å². The Labute approximate surface area is 142 Å². The van der Waals surface area contributed by atoms with Crippen LogP contribution in [0.1, 0.15) is 24.5 Å². The third-order valence-corrected chi connectivity index (χ3v) is 5.87. The van der Waals surface area contributed by atoms with Gasteiger partial charge in [-0.3, -0.25) is 14.7 Å². The Balaban J connectivity index is 1.67. The first-order chi connectivity index (χ1) is 11.2. The predicted octanol–water partition coefficient (Wildman–Crippen LogP) is 1.49. The number of ether oxygens (including phenoxy) is 1. The van der Waals surface area contributed by atoms with Crippen LogP contribution in [0.4, 0.5) is 0 Å². The highest BCUT2D eigenvalue weighted by Crippen LogP contribution is 2.35. The molecule has 1 amide bonds. The van der Waals surface area contributed by atoms with Crippen molar-refractivity contribution >= 4 is 17.7 Å². The number of hydrogen-bond acceptors (Lipinski definition) is 5. The lowest BCUT2D eigenvalue weighted by molar-refractivity contribution is -0.122. The lowest BCUT2D eigenvalue weighted by Gasteiger charge is -2.30. The number of thioether (sulfide) groups is 1. The van der Waals surface area contributed by atoms with Crippen LogP contribution in [0.25, 0.3) is 0 Å². The topological polar surface area (TPSA) is 68.5 Å². The van der Waals surface area contributed by atoms with E-state index < -0.39 is 5.91 Å². The number of pyridine rings is 1. The molecule has 3 heterocycles. The summed E-state index contributed by atoms with van der Waals surface area (Å²) in [4.78, 5) is 18.1. The maximum absolute atomic E-state index is 10.9. The van der Waals surface area contributed by atoms with Crippen LogP contribution in [0.2, 0.25) is 0 Å². The second-order valence-electron chi connectivity index (χ2n) is 6.40. The van der Waals surface area contributed by atoms with Crippen LogP contribution >= 0.6 is 11.8 Å². The highest BCUT2D eigenvalue weighted by atomic mass is 32.2. The van der Waals surface area contributed by atoms with E-state index in [1.54, 1.807) is 0 Å². The van der Waals surface area contributed by atoms with Gasteiger partial charge in [0, 0.05) is 42.9 Å². The first-order valence-corrected chi connectivity index (χ1v) is 9.48. The van der Waals surface area contributed by atoms with Crippen LogP contribution in [0.15, 0.2) is 24.4 Å². The molecule has 6 heteroatoms. The summed E-state index contributed by atoms with van der Waals surface area (Å²) >= 11 is 2.06. The van der Waals surface area contributed by atoms with Gasteiger partial charge in [-0.05, 0) is 36.5 Å². The lowest BCUT2D eigenvalue weighted by atomic mass is 9.93. The molecule has 5 nitrogen and oxygen atoms in total. The maximum Gasteiger partial charge on any atom is 0.243 e.